The van der Waals surface area contributed by atoms with Crippen molar-refractivity contribution in [3.05, 3.63) is 48.4 Å². The van der Waals surface area contributed by atoms with Crippen molar-refractivity contribution >= 4 is 29.3 Å². The first-order chi connectivity index (χ1) is 13.6. The maximum absolute atomic E-state index is 13.0. The molecule has 0 radical (unpaired) electrons. The first-order valence-electron chi connectivity index (χ1n) is 9.25. The number of furan rings is 1. The zero-order valence-electron chi connectivity index (χ0n) is 15.8. The van der Waals surface area contributed by atoms with E-state index < -0.39 is 6.04 Å². The molecule has 2 N–H and O–H groups in total. The Balaban J connectivity index is 1.61. The van der Waals surface area contributed by atoms with Gasteiger partial charge in [0, 0.05) is 26.2 Å². The number of hydrogen-bond acceptors (Lipinski definition) is 6. The number of nitrogens with zero attached hydrogens (tertiary/aromatic N) is 2. The van der Waals surface area contributed by atoms with Crippen LogP contribution in [0.5, 0.6) is 5.75 Å². The summed E-state index contributed by atoms with van der Waals surface area (Å²) in [5.74, 6) is 0.757. The number of piperazine rings is 1. The molecule has 7 nitrogen and oxygen atoms in total. The predicted octanol–water partition coefficient (Wildman–Crippen LogP) is 2.19. The lowest BCUT2D eigenvalue weighted by atomic mass is 10.1. The Labute approximate surface area is 168 Å². The zero-order valence-corrected chi connectivity index (χ0v) is 16.7. The molecule has 150 valence electrons. The summed E-state index contributed by atoms with van der Waals surface area (Å²) in [5, 5.41) is 12.8. The second-order valence-electron chi connectivity index (χ2n) is 6.59. The minimum absolute atomic E-state index is 0.0779. The van der Waals surface area contributed by atoms with E-state index in [4.69, 9.17) is 4.42 Å². The van der Waals surface area contributed by atoms with E-state index in [1.165, 1.54) is 6.26 Å². The molecule has 0 spiro atoms. The van der Waals surface area contributed by atoms with Gasteiger partial charge in [0.2, 0.25) is 5.91 Å². The van der Waals surface area contributed by atoms with Crippen LogP contribution in [0.2, 0.25) is 0 Å². The maximum Gasteiger partial charge on any atom is 0.287 e. The summed E-state index contributed by atoms with van der Waals surface area (Å²) >= 11 is 1.64. The lowest BCUT2D eigenvalue weighted by Gasteiger charge is -2.37. The second-order valence-corrected chi connectivity index (χ2v) is 7.57. The number of amides is 2. The number of carbonyl (C=O) groups excluding carboxylic acids is 2. The van der Waals surface area contributed by atoms with Gasteiger partial charge in [-0.05, 0) is 42.7 Å². The van der Waals surface area contributed by atoms with Crippen LogP contribution in [-0.4, -0.2) is 66.1 Å². The number of nitrogens with one attached hydrogen (secondary N) is 1. The van der Waals surface area contributed by atoms with E-state index in [-0.39, 0.29) is 23.3 Å². The van der Waals surface area contributed by atoms with Gasteiger partial charge >= 0.3 is 0 Å². The van der Waals surface area contributed by atoms with E-state index in [0.717, 1.165) is 11.4 Å². The number of phenolic OH excluding ortho intramolecular Hbond substituents is 1. The molecule has 0 unspecified atom stereocenters. The highest BCUT2D eigenvalue weighted by atomic mass is 32.2. The highest BCUT2D eigenvalue weighted by Gasteiger charge is 2.29. The third-order valence-electron chi connectivity index (χ3n) is 4.77. The molecule has 0 aliphatic carbocycles. The van der Waals surface area contributed by atoms with Gasteiger partial charge in [-0.1, -0.05) is 12.1 Å². The molecule has 1 aliphatic rings. The number of rotatable bonds is 7. The number of carbonyl (C=O) groups is 2. The van der Waals surface area contributed by atoms with Crippen LogP contribution in [0.25, 0.3) is 0 Å². The average molecular weight is 404 g/mol. The van der Waals surface area contributed by atoms with Gasteiger partial charge < -0.3 is 24.6 Å². The Bertz CT molecular complexity index is 789. The number of aromatic hydroxyl groups is 1. The molecule has 0 bridgehead atoms. The number of para-hydroxylation sites is 2. The minimum Gasteiger partial charge on any atom is -0.506 e. The van der Waals surface area contributed by atoms with Crippen molar-refractivity contribution in [3.63, 3.8) is 0 Å². The van der Waals surface area contributed by atoms with Crippen LogP contribution in [0.3, 0.4) is 0 Å². The fraction of sp³-hybridized carbons (Fsp3) is 0.400. The molecule has 1 aromatic carbocycles. The molecule has 1 aromatic heterocycles. The van der Waals surface area contributed by atoms with Crippen LogP contribution in [0.1, 0.15) is 17.0 Å². The minimum atomic E-state index is -0.582. The molecule has 1 atom stereocenters. The number of hydrogen-bond donors (Lipinski definition) is 2. The standard InChI is InChI=1S/C20H25N3O4S/c1-28-14-8-15(21-19(25)18-7-4-13-27-18)20(26)23-11-9-22(10-12-23)16-5-2-3-6-17(16)24/h2-7,13,15,24H,8-12,14H2,1H3,(H,21,25)/t15-/m0/s1. The normalized spacial score (nSPS) is 15.3. The van der Waals surface area contributed by atoms with Gasteiger partial charge in [-0.2, -0.15) is 11.8 Å². The number of benzene rings is 1. The highest BCUT2D eigenvalue weighted by molar-refractivity contribution is 7.98. The fourth-order valence-corrected chi connectivity index (χ4v) is 3.72. The van der Waals surface area contributed by atoms with E-state index in [1.54, 1.807) is 40.9 Å². The quantitative estimate of drug-likeness (QED) is 0.737. The van der Waals surface area contributed by atoms with Crippen LogP contribution < -0.4 is 10.2 Å². The number of thioether (sulfide) groups is 1. The van der Waals surface area contributed by atoms with Crippen LogP contribution >= 0.6 is 11.8 Å². The molecule has 28 heavy (non-hydrogen) atoms. The molecule has 1 aliphatic heterocycles. The van der Waals surface area contributed by atoms with Gasteiger partial charge in [0.15, 0.2) is 5.76 Å². The summed E-state index contributed by atoms with van der Waals surface area (Å²) in [5.41, 5.74) is 0.777. The molecule has 0 saturated carbocycles. The monoisotopic (exact) mass is 403 g/mol. The summed E-state index contributed by atoms with van der Waals surface area (Å²) in [6, 6.07) is 9.85. The maximum atomic E-state index is 13.0. The van der Waals surface area contributed by atoms with Crippen LogP contribution in [0, 0.1) is 0 Å². The first-order valence-corrected chi connectivity index (χ1v) is 10.6. The Kier molecular flexibility index (Phi) is 6.86. The molecule has 1 saturated heterocycles. The summed E-state index contributed by atoms with van der Waals surface area (Å²) in [6.07, 6.45) is 3.97. The summed E-state index contributed by atoms with van der Waals surface area (Å²) in [7, 11) is 0. The third-order valence-corrected chi connectivity index (χ3v) is 5.42. The first kappa shape index (κ1) is 20.1. The average Bonchev–Trinajstić information content (AvgIpc) is 3.26. The van der Waals surface area contributed by atoms with Gasteiger partial charge in [-0.25, -0.2) is 0 Å². The van der Waals surface area contributed by atoms with Gasteiger partial charge in [-0.15, -0.1) is 0 Å². The van der Waals surface area contributed by atoms with Gasteiger partial charge in [0.05, 0.1) is 12.0 Å². The Morgan fingerprint density at radius 3 is 2.57 bits per heavy atom. The lowest BCUT2D eigenvalue weighted by Crippen LogP contribution is -2.55. The molecule has 8 heteroatoms. The van der Waals surface area contributed by atoms with Crippen molar-refractivity contribution in [2.24, 2.45) is 0 Å². The number of anilines is 1. The second kappa shape index (κ2) is 9.54. The van der Waals surface area contributed by atoms with E-state index in [0.29, 0.717) is 32.6 Å². The molecule has 2 aromatic rings. The van der Waals surface area contributed by atoms with Crippen molar-refractivity contribution in [1.29, 1.82) is 0 Å². The van der Waals surface area contributed by atoms with Gasteiger partial charge in [-0.3, -0.25) is 9.59 Å². The van der Waals surface area contributed by atoms with Crippen molar-refractivity contribution in [1.82, 2.24) is 10.2 Å². The van der Waals surface area contributed by atoms with Gasteiger partial charge in [0.25, 0.3) is 5.91 Å². The van der Waals surface area contributed by atoms with E-state index in [1.807, 2.05) is 18.4 Å². The van der Waals surface area contributed by atoms with Gasteiger partial charge in [0.1, 0.15) is 11.8 Å². The Hall–Kier alpha value is -2.61. The largest absolute Gasteiger partial charge is 0.506 e. The summed E-state index contributed by atoms with van der Waals surface area (Å²) < 4.78 is 5.13. The highest BCUT2D eigenvalue weighted by Crippen LogP contribution is 2.27. The van der Waals surface area contributed by atoms with Crippen molar-refractivity contribution in [2.45, 2.75) is 12.5 Å². The van der Waals surface area contributed by atoms with Crippen molar-refractivity contribution in [2.75, 3.05) is 43.1 Å². The predicted molar refractivity (Wildman–Crippen MR) is 110 cm³/mol. The number of phenols is 1. The SMILES string of the molecule is CSCC[C@H](NC(=O)c1ccco1)C(=O)N1CCN(c2ccccc2O)CC1. The zero-order chi connectivity index (χ0) is 19.9. The van der Waals surface area contributed by atoms with Crippen LogP contribution in [0.4, 0.5) is 5.69 Å². The van der Waals surface area contributed by atoms with Crippen molar-refractivity contribution in [3.8, 4) is 5.75 Å². The van der Waals surface area contributed by atoms with Crippen molar-refractivity contribution < 1.29 is 19.1 Å². The third kappa shape index (κ3) is 4.81. The topological polar surface area (TPSA) is 86.0 Å². The Morgan fingerprint density at radius 2 is 1.93 bits per heavy atom. The Morgan fingerprint density at radius 1 is 1.18 bits per heavy atom. The summed E-state index contributed by atoms with van der Waals surface area (Å²) in [6.45, 7) is 2.34. The molecule has 1 fully saturated rings. The van der Waals surface area contributed by atoms with E-state index >= 15 is 0 Å². The summed E-state index contributed by atoms with van der Waals surface area (Å²) in [4.78, 5) is 29.2. The fourth-order valence-electron chi connectivity index (χ4n) is 3.25. The van der Waals surface area contributed by atoms with Crippen LogP contribution in [-0.2, 0) is 4.79 Å². The van der Waals surface area contributed by atoms with E-state index in [9.17, 15) is 14.7 Å². The molecular weight excluding hydrogens is 378 g/mol. The smallest absolute Gasteiger partial charge is 0.287 e. The molecular formula is C20H25N3O4S. The molecule has 2 heterocycles. The lowest BCUT2D eigenvalue weighted by molar-refractivity contribution is -0.133. The molecule has 3 rings (SSSR count). The van der Waals surface area contributed by atoms with Crippen LogP contribution in [0.15, 0.2) is 47.1 Å². The molecule has 2 amide bonds. The van der Waals surface area contributed by atoms with E-state index in [2.05, 4.69) is 10.2 Å².